The maximum Gasteiger partial charge on any atom is 0.204 e. The Morgan fingerprint density at radius 2 is 1.30 bits per heavy atom. The Morgan fingerprint density at radius 1 is 0.826 bits per heavy atom. The van der Waals surface area contributed by atoms with Gasteiger partial charge in [0, 0.05) is 22.0 Å². The van der Waals surface area contributed by atoms with Crippen LogP contribution < -0.4 is 5.43 Å². The van der Waals surface area contributed by atoms with Crippen molar-refractivity contribution < 1.29 is 0 Å². The molecule has 0 fully saturated rings. The van der Waals surface area contributed by atoms with Crippen molar-refractivity contribution in [1.29, 1.82) is 0 Å². The number of nitrogens with one attached hydrogen (secondary N) is 1. The Kier molecular flexibility index (Phi) is 4.42. The number of benzene rings is 2. The second kappa shape index (κ2) is 6.34. The number of aromatic amines is 1. The Hall–Kier alpha value is -1.84. The van der Waals surface area contributed by atoms with E-state index in [1.165, 1.54) is 0 Å². The summed E-state index contributed by atoms with van der Waals surface area (Å²) >= 11 is 9.29. The van der Waals surface area contributed by atoms with E-state index in [0.29, 0.717) is 10.0 Å². The van der Waals surface area contributed by atoms with Gasteiger partial charge in [0.05, 0.1) is 4.47 Å². The second-order valence-electron chi connectivity index (χ2n) is 5.48. The van der Waals surface area contributed by atoms with Crippen LogP contribution in [0, 0.1) is 13.8 Å². The fourth-order valence-electron chi connectivity index (χ4n) is 2.67. The van der Waals surface area contributed by atoms with Crippen molar-refractivity contribution in [3.63, 3.8) is 0 Å². The summed E-state index contributed by atoms with van der Waals surface area (Å²) in [6.45, 7) is 3.80. The maximum atomic E-state index is 12.5. The van der Waals surface area contributed by atoms with Gasteiger partial charge < -0.3 is 4.98 Å². The van der Waals surface area contributed by atoms with E-state index in [9.17, 15) is 4.79 Å². The van der Waals surface area contributed by atoms with Crippen molar-refractivity contribution in [2.45, 2.75) is 13.8 Å². The molecule has 0 amide bonds. The third kappa shape index (κ3) is 3.12. The van der Waals surface area contributed by atoms with Gasteiger partial charge in [-0.15, -0.1) is 0 Å². The summed E-state index contributed by atoms with van der Waals surface area (Å²) in [7, 11) is 0. The van der Waals surface area contributed by atoms with E-state index in [-0.39, 0.29) is 5.43 Å². The molecule has 0 saturated heterocycles. The molecule has 2 nitrogen and oxygen atoms in total. The van der Waals surface area contributed by atoms with Gasteiger partial charge in [-0.2, -0.15) is 0 Å². The van der Waals surface area contributed by atoms with Crippen molar-refractivity contribution in [2.75, 3.05) is 0 Å². The second-order valence-corrected chi connectivity index (χ2v) is 6.71. The zero-order chi connectivity index (χ0) is 16.6. The third-order valence-corrected chi connectivity index (χ3v) is 5.06. The number of hydrogen-bond acceptors (Lipinski definition) is 1. The zero-order valence-electron chi connectivity index (χ0n) is 12.8. The molecule has 3 aromatic rings. The highest BCUT2D eigenvalue weighted by atomic mass is 79.9. The lowest BCUT2D eigenvalue weighted by molar-refractivity contribution is 1.10. The molecule has 0 spiro atoms. The first-order chi connectivity index (χ1) is 11.0. The normalized spacial score (nSPS) is 10.8. The molecule has 3 rings (SSSR count). The van der Waals surface area contributed by atoms with Crippen molar-refractivity contribution in [1.82, 2.24) is 4.98 Å². The first-order valence-electron chi connectivity index (χ1n) is 7.22. The van der Waals surface area contributed by atoms with E-state index >= 15 is 0 Å². The molecule has 1 aromatic heterocycles. The standard InChI is InChI=1S/C19H15BrClNO/c1-11-17(19(23)18(20)12(2)22-11)15-5-3-13(4-6-15)14-7-9-16(21)10-8-14/h3-10H,1-2H3,(H,22,23). The molecule has 0 aliphatic carbocycles. The molecular weight excluding hydrogens is 374 g/mol. The molecule has 0 radical (unpaired) electrons. The summed E-state index contributed by atoms with van der Waals surface area (Å²) in [4.78, 5) is 15.8. The van der Waals surface area contributed by atoms with Crippen LogP contribution in [0.5, 0.6) is 0 Å². The monoisotopic (exact) mass is 387 g/mol. The summed E-state index contributed by atoms with van der Waals surface area (Å²) in [5, 5.41) is 0.719. The SMILES string of the molecule is Cc1[nH]c(C)c(-c2ccc(-c3ccc(Cl)cc3)cc2)c(=O)c1Br. The summed E-state index contributed by atoms with van der Waals surface area (Å²) in [5.74, 6) is 0. The molecule has 0 bridgehead atoms. The predicted octanol–water partition coefficient (Wildman–Crippen LogP) is 5.74. The number of rotatable bonds is 2. The minimum Gasteiger partial charge on any atom is -0.361 e. The van der Waals surface area contributed by atoms with Crippen molar-refractivity contribution in [3.8, 4) is 22.3 Å². The van der Waals surface area contributed by atoms with Gasteiger partial charge in [-0.05, 0) is 58.6 Å². The highest BCUT2D eigenvalue weighted by molar-refractivity contribution is 9.10. The highest BCUT2D eigenvalue weighted by Crippen LogP contribution is 2.26. The summed E-state index contributed by atoms with van der Waals surface area (Å²) in [6.07, 6.45) is 0. The molecule has 1 heterocycles. The summed E-state index contributed by atoms with van der Waals surface area (Å²) < 4.78 is 0.583. The zero-order valence-corrected chi connectivity index (χ0v) is 15.1. The van der Waals surface area contributed by atoms with Gasteiger partial charge in [-0.25, -0.2) is 0 Å². The van der Waals surface area contributed by atoms with E-state index < -0.39 is 0 Å². The Balaban J connectivity index is 2.05. The lowest BCUT2D eigenvalue weighted by Crippen LogP contribution is -2.11. The molecule has 0 saturated carbocycles. The van der Waals surface area contributed by atoms with Crippen LogP contribution in [-0.2, 0) is 0 Å². The average molecular weight is 389 g/mol. The molecule has 23 heavy (non-hydrogen) atoms. The molecule has 0 aliphatic rings. The van der Waals surface area contributed by atoms with E-state index in [0.717, 1.165) is 33.1 Å². The topological polar surface area (TPSA) is 32.9 Å². The van der Waals surface area contributed by atoms with Gasteiger partial charge in [-0.3, -0.25) is 4.79 Å². The molecule has 1 N–H and O–H groups in total. The van der Waals surface area contributed by atoms with E-state index in [2.05, 4.69) is 20.9 Å². The number of aryl methyl sites for hydroxylation is 2. The first kappa shape index (κ1) is 16.0. The summed E-state index contributed by atoms with van der Waals surface area (Å²) in [6, 6.07) is 15.7. The van der Waals surface area contributed by atoms with Crippen LogP contribution >= 0.6 is 27.5 Å². The third-order valence-electron chi connectivity index (χ3n) is 3.86. The molecule has 2 aromatic carbocycles. The number of H-pyrrole nitrogens is 1. The lowest BCUT2D eigenvalue weighted by atomic mass is 9.99. The Bertz CT molecular complexity index is 912. The van der Waals surface area contributed by atoms with Crippen LogP contribution in [0.1, 0.15) is 11.4 Å². The molecular formula is C19H15BrClNO. The van der Waals surface area contributed by atoms with Gasteiger partial charge in [0.1, 0.15) is 0 Å². The van der Waals surface area contributed by atoms with Gasteiger partial charge in [0.15, 0.2) is 0 Å². The quantitative estimate of drug-likeness (QED) is 0.596. The molecule has 0 unspecified atom stereocenters. The van der Waals surface area contributed by atoms with Crippen LogP contribution in [0.3, 0.4) is 0 Å². The van der Waals surface area contributed by atoms with Crippen LogP contribution in [0.2, 0.25) is 5.02 Å². The van der Waals surface area contributed by atoms with Gasteiger partial charge in [-0.1, -0.05) is 48.0 Å². The smallest absolute Gasteiger partial charge is 0.204 e. The number of hydrogen-bond donors (Lipinski definition) is 1. The van der Waals surface area contributed by atoms with Crippen LogP contribution in [0.4, 0.5) is 0 Å². The first-order valence-corrected chi connectivity index (χ1v) is 8.40. The molecule has 0 aliphatic heterocycles. The van der Waals surface area contributed by atoms with Crippen LogP contribution in [-0.4, -0.2) is 4.98 Å². The number of pyridine rings is 1. The van der Waals surface area contributed by atoms with Gasteiger partial charge in [0.25, 0.3) is 0 Å². The highest BCUT2D eigenvalue weighted by Gasteiger charge is 2.12. The largest absolute Gasteiger partial charge is 0.361 e. The van der Waals surface area contributed by atoms with Gasteiger partial charge in [0.2, 0.25) is 5.43 Å². The fourth-order valence-corrected chi connectivity index (χ4v) is 3.09. The fraction of sp³-hybridized carbons (Fsp3) is 0.105. The van der Waals surface area contributed by atoms with Gasteiger partial charge >= 0.3 is 0 Å². The predicted molar refractivity (Wildman–Crippen MR) is 100 cm³/mol. The summed E-state index contributed by atoms with van der Waals surface area (Å²) in [5.41, 5.74) is 5.51. The lowest BCUT2D eigenvalue weighted by Gasteiger charge is -2.10. The number of halogens is 2. The van der Waals surface area contributed by atoms with E-state index in [1.54, 1.807) is 0 Å². The minimum atomic E-state index is 0.0120. The van der Waals surface area contributed by atoms with E-state index in [1.807, 2.05) is 62.4 Å². The Morgan fingerprint density at radius 3 is 1.87 bits per heavy atom. The molecule has 116 valence electrons. The average Bonchev–Trinajstić information content (AvgIpc) is 2.54. The van der Waals surface area contributed by atoms with Crippen molar-refractivity contribution >= 4 is 27.5 Å². The number of aromatic nitrogens is 1. The molecule has 0 atom stereocenters. The van der Waals surface area contributed by atoms with E-state index in [4.69, 9.17) is 11.6 Å². The maximum absolute atomic E-state index is 12.5. The van der Waals surface area contributed by atoms with Crippen molar-refractivity contribution in [2.24, 2.45) is 0 Å². The minimum absolute atomic E-state index is 0.0120. The van der Waals surface area contributed by atoms with Crippen LogP contribution in [0.25, 0.3) is 22.3 Å². The van der Waals surface area contributed by atoms with Crippen LogP contribution in [0.15, 0.2) is 57.8 Å². The Labute approximate surface area is 148 Å². The van der Waals surface area contributed by atoms with Crippen molar-refractivity contribution in [3.05, 3.63) is 79.6 Å². The molecule has 4 heteroatoms.